The first-order valence-corrected chi connectivity index (χ1v) is 3.54. The molecule has 0 saturated carbocycles. The van der Waals surface area contributed by atoms with Crippen molar-refractivity contribution in [1.29, 1.82) is 0 Å². The van der Waals surface area contributed by atoms with Crippen molar-refractivity contribution in [3.05, 3.63) is 35.5 Å². The fourth-order valence-electron chi connectivity index (χ4n) is 0.480. The molecule has 0 nitrogen and oxygen atoms in total. The molecule has 10 heavy (non-hydrogen) atoms. The van der Waals surface area contributed by atoms with Crippen LogP contribution in [0.5, 0.6) is 0 Å². The summed E-state index contributed by atoms with van der Waals surface area (Å²) in [5.41, 5.74) is 0. The summed E-state index contributed by atoms with van der Waals surface area (Å²) >= 11 is 3.91. The van der Waals surface area contributed by atoms with Gasteiger partial charge in [0, 0.05) is 4.91 Å². The topological polar surface area (TPSA) is 0 Å². The van der Waals surface area contributed by atoms with Crippen molar-refractivity contribution in [1.82, 2.24) is 0 Å². The highest BCUT2D eigenvalue weighted by Gasteiger charge is 1.94. The third kappa shape index (κ3) is 3.51. The summed E-state index contributed by atoms with van der Waals surface area (Å²) in [6.45, 7) is 5.29. The number of thiol groups is 1. The van der Waals surface area contributed by atoms with Crippen LogP contribution >= 0.6 is 12.6 Å². The van der Waals surface area contributed by atoms with Gasteiger partial charge in [-0.15, -0.1) is 12.6 Å². The highest BCUT2D eigenvalue weighted by molar-refractivity contribution is 7.84. The lowest BCUT2D eigenvalue weighted by Gasteiger charge is -1.92. The van der Waals surface area contributed by atoms with E-state index in [0.717, 1.165) is 6.42 Å². The van der Waals surface area contributed by atoms with Crippen LogP contribution in [-0.4, -0.2) is 0 Å². The molecule has 0 rings (SSSR count). The predicted octanol–water partition coefficient (Wildman–Crippen LogP) is 3.25. The zero-order chi connectivity index (χ0) is 7.98. The van der Waals surface area contributed by atoms with Gasteiger partial charge in [0.2, 0.25) is 0 Å². The summed E-state index contributed by atoms with van der Waals surface area (Å²) in [6, 6.07) is 0. The summed E-state index contributed by atoms with van der Waals surface area (Å²) in [7, 11) is 0. The van der Waals surface area contributed by atoms with Crippen LogP contribution in [0, 0.1) is 0 Å². The Hall–Kier alpha value is -0.500. The summed E-state index contributed by atoms with van der Waals surface area (Å²) in [4.78, 5) is 0.377. The van der Waals surface area contributed by atoms with Gasteiger partial charge in [0.05, 0.1) is 0 Å². The molecule has 0 aliphatic carbocycles. The van der Waals surface area contributed by atoms with Crippen LogP contribution in [0.2, 0.25) is 0 Å². The molecule has 0 aromatic carbocycles. The van der Waals surface area contributed by atoms with Crippen LogP contribution in [0.4, 0.5) is 4.39 Å². The molecule has 0 aromatic rings. The van der Waals surface area contributed by atoms with E-state index < -0.39 is 0 Å². The maximum absolute atomic E-state index is 12.6. The zero-order valence-electron chi connectivity index (χ0n) is 5.97. The van der Waals surface area contributed by atoms with Crippen molar-refractivity contribution in [2.24, 2.45) is 0 Å². The average molecular weight is 158 g/mol. The van der Waals surface area contributed by atoms with Gasteiger partial charge in [-0.25, -0.2) is 4.39 Å². The second-order valence-corrected chi connectivity index (χ2v) is 2.23. The Labute approximate surface area is 66.5 Å². The lowest BCUT2D eigenvalue weighted by molar-refractivity contribution is 0.663. The molecular formula is C8H11FS. The molecule has 0 unspecified atom stereocenters. The minimum atomic E-state index is -0.333. The van der Waals surface area contributed by atoms with Crippen LogP contribution in [0.3, 0.4) is 0 Å². The Kier molecular flexibility index (Phi) is 5.03. The molecular weight excluding hydrogens is 147 g/mol. The minimum absolute atomic E-state index is 0.333. The van der Waals surface area contributed by atoms with E-state index in [4.69, 9.17) is 0 Å². The molecule has 2 heteroatoms. The second-order valence-electron chi connectivity index (χ2n) is 1.75. The van der Waals surface area contributed by atoms with Crippen molar-refractivity contribution in [2.75, 3.05) is 0 Å². The Morgan fingerprint density at radius 3 is 2.70 bits per heavy atom. The van der Waals surface area contributed by atoms with Crippen LogP contribution in [-0.2, 0) is 0 Å². The van der Waals surface area contributed by atoms with Crippen LogP contribution < -0.4 is 0 Å². The molecule has 0 amide bonds. The molecule has 0 saturated heterocycles. The van der Waals surface area contributed by atoms with E-state index in [-0.39, 0.29) is 5.83 Å². The average Bonchev–Trinajstić information content (AvgIpc) is 1.89. The molecule has 0 spiro atoms. The van der Waals surface area contributed by atoms with Crippen molar-refractivity contribution in [3.63, 3.8) is 0 Å². The maximum atomic E-state index is 12.6. The van der Waals surface area contributed by atoms with Gasteiger partial charge >= 0.3 is 0 Å². The third-order valence-electron chi connectivity index (χ3n) is 0.906. The molecule has 0 aliphatic heterocycles. The lowest BCUT2D eigenvalue weighted by Crippen LogP contribution is -1.71. The van der Waals surface area contributed by atoms with E-state index in [0.29, 0.717) is 4.91 Å². The number of allylic oxidation sites excluding steroid dienone is 4. The Morgan fingerprint density at radius 1 is 1.70 bits per heavy atom. The normalized spacial score (nSPS) is 13.5. The summed E-state index contributed by atoms with van der Waals surface area (Å²) < 4.78 is 12.6. The Bertz CT molecular complexity index is 168. The second kappa shape index (κ2) is 5.30. The fraction of sp³-hybridized carbons (Fsp3) is 0.250. The molecule has 0 atom stereocenters. The monoisotopic (exact) mass is 158 g/mol. The summed E-state index contributed by atoms with van der Waals surface area (Å²) in [5.74, 6) is -0.333. The summed E-state index contributed by atoms with van der Waals surface area (Å²) in [5, 5.41) is 0. The minimum Gasteiger partial charge on any atom is -0.206 e. The van der Waals surface area contributed by atoms with Crippen molar-refractivity contribution in [2.45, 2.75) is 13.3 Å². The van der Waals surface area contributed by atoms with Crippen molar-refractivity contribution < 1.29 is 4.39 Å². The molecule has 0 aliphatic rings. The maximum Gasteiger partial charge on any atom is 0.136 e. The molecule has 0 radical (unpaired) electrons. The van der Waals surface area contributed by atoms with Crippen LogP contribution in [0.1, 0.15) is 13.3 Å². The fourth-order valence-corrected chi connectivity index (χ4v) is 0.737. The zero-order valence-corrected chi connectivity index (χ0v) is 6.87. The first-order valence-electron chi connectivity index (χ1n) is 3.10. The van der Waals surface area contributed by atoms with Gasteiger partial charge in [-0.2, -0.15) is 0 Å². The molecule has 0 aromatic heterocycles. The van der Waals surface area contributed by atoms with Gasteiger partial charge in [0.15, 0.2) is 0 Å². The standard InChI is InChI=1S/C8H11FS/c1-3-5-7(9)8(10)6-4-2/h3,5-6,10H,1,4H2,2H3/b7-5+,8-6?. The number of hydrogen-bond donors (Lipinski definition) is 1. The highest BCUT2D eigenvalue weighted by Crippen LogP contribution is 2.15. The van der Waals surface area contributed by atoms with Crippen LogP contribution in [0.15, 0.2) is 35.5 Å². The van der Waals surface area contributed by atoms with Gasteiger partial charge in [-0.05, 0) is 12.5 Å². The lowest BCUT2D eigenvalue weighted by atomic mass is 10.3. The molecule has 0 heterocycles. The van der Waals surface area contributed by atoms with E-state index in [1.807, 2.05) is 6.92 Å². The van der Waals surface area contributed by atoms with Gasteiger partial charge in [-0.3, -0.25) is 0 Å². The number of hydrogen-bond acceptors (Lipinski definition) is 1. The van der Waals surface area contributed by atoms with E-state index >= 15 is 0 Å². The Morgan fingerprint density at radius 2 is 2.30 bits per heavy atom. The quantitative estimate of drug-likeness (QED) is 0.473. The van der Waals surface area contributed by atoms with Crippen molar-refractivity contribution in [3.8, 4) is 0 Å². The van der Waals surface area contributed by atoms with E-state index in [1.54, 1.807) is 6.08 Å². The molecule has 56 valence electrons. The smallest absolute Gasteiger partial charge is 0.136 e. The first kappa shape index (κ1) is 9.50. The summed E-state index contributed by atoms with van der Waals surface area (Å²) in [6.07, 6.45) is 5.18. The van der Waals surface area contributed by atoms with E-state index in [2.05, 4.69) is 19.2 Å². The largest absolute Gasteiger partial charge is 0.206 e. The van der Waals surface area contributed by atoms with Gasteiger partial charge in [0.1, 0.15) is 5.83 Å². The van der Waals surface area contributed by atoms with E-state index in [1.165, 1.54) is 12.2 Å². The van der Waals surface area contributed by atoms with Gasteiger partial charge in [0.25, 0.3) is 0 Å². The molecule has 0 fully saturated rings. The number of rotatable bonds is 3. The highest BCUT2D eigenvalue weighted by atomic mass is 32.1. The van der Waals surface area contributed by atoms with Gasteiger partial charge in [-0.1, -0.05) is 25.7 Å². The van der Waals surface area contributed by atoms with Crippen LogP contribution in [0.25, 0.3) is 0 Å². The Balaban J connectivity index is 4.19. The number of halogens is 1. The SMILES string of the molecule is C=C/C=C(/F)C(S)=CCC. The third-order valence-corrected chi connectivity index (χ3v) is 1.30. The molecule has 0 N–H and O–H groups in total. The van der Waals surface area contributed by atoms with E-state index in [9.17, 15) is 4.39 Å². The predicted molar refractivity (Wildman–Crippen MR) is 46.7 cm³/mol. The van der Waals surface area contributed by atoms with Gasteiger partial charge < -0.3 is 0 Å². The first-order chi connectivity index (χ1) is 4.72. The van der Waals surface area contributed by atoms with Crippen molar-refractivity contribution >= 4 is 12.6 Å². The molecule has 0 bridgehead atoms.